The van der Waals surface area contributed by atoms with Gasteiger partial charge in [0, 0.05) is 12.6 Å². The molecular formula is C19H23FN4O. The van der Waals surface area contributed by atoms with Crippen molar-refractivity contribution in [3.05, 3.63) is 41.7 Å². The first-order chi connectivity index (χ1) is 12.1. The Morgan fingerprint density at radius 1 is 1.12 bits per heavy atom. The van der Waals surface area contributed by atoms with Gasteiger partial charge in [0.15, 0.2) is 0 Å². The predicted octanol–water partition coefficient (Wildman–Crippen LogP) is 3.51. The van der Waals surface area contributed by atoms with Crippen LogP contribution in [0.5, 0.6) is 0 Å². The van der Waals surface area contributed by atoms with Crippen LogP contribution in [0.15, 0.2) is 24.3 Å². The van der Waals surface area contributed by atoms with Crippen molar-refractivity contribution in [2.75, 3.05) is 6.54 Å². The van der Waals surface area contributed by atoms with Crippen LogP contribution in [0, 0.1) is 18.7 Å². The van der Waals surface area contributed by atoms with Crippen molar-refractivity contribution in [2.24, 2.45) is 5.92 Å². The zero-order valence-electron chi connectivity index (χ0n) is 14.5. The summed E-state index contributed by atoms with van der Waals surface area (Å²) < 4.78 is 14.7. The first-order valence-corrected chi connectivity index (χ1v) is 9.14. The number of piperidine rings is 1. The van der Waals surface area contributed by atoms with Crippen molar-refractivity contribution in [3.63, 3.8) is 0 Å². The normalized spacial score (nSPS) is 23.4. The molecule has 5 nitrogen and oxygen atoms in total. The number of aryl methyl sites for hydroxylation is 1. The molecular weight excluding hydrogens is 319 g/mol. The van der Waals surface area contributed by atoms with Crippen LogP contribution >= 0.6 is 0 Å². The zero-order chi connectivity index (χ0) is 17.4. The van der Waals surface area contributed by atoms with Crippen LogP contribution in [0.3, 0.4) is 0 Å². The van der Waals surface area contributed by atoms with Crippen molar-refractivity contribution in [3.8, 4) is 5.69 Å². The number of benzene rings is 1. The number of halogens is 1. The average Bonchev–Trinajstić information content (AvgIpc) is 3.03. The lowest BCUT2D eigenvalue weighted by molar-refractivity contribution is 0.0379. The van der Waals surface area contributed by atoms with E-state index >= 15 is 0 Å². The predicted molar refractivity (Wildman–Crippen MR) is 92.1 cm³/mol. The fourth-order valence-electron chi connectivity index (χ4n) is 4.31. The summed E-state index contributed by atoms with van der Waals surface area (Å²) in [6, 6.07) is 6.39. The van der Waals surface area contributed by atoms with Gasteiger partial charge in [0.1, 0.15) is 11.6 Å². The van der Waals surface area contributed by atoms with Crippen LogP contribution in [0.1, 0.15) is 55.0 Å². The Bertz CT molecular complexity index is 768. The number of carbonyl (C=O) groups excluding carboxylic acids is 1. The molecule has 25 heavy (non-hydrogen) atoms. The molecule has 2 atom stereocenters. The quantitative estimate of drug-likeness (QED) is 0.839. The van der Waals surface area contributed by atoms with Gasteiger partial charge < -0.3 is 4.90 Å². The van der Waals surface area contributed by atoms with E-state index in [2.05, 4.69) is 10.1 Å². The van der Waals surface area contributed by atoms with Crippen LogP contribution in [0.25, 0.3) is 5.69 Å². The van der Waals surface area contributed by atoms with Crippen molar-refractivity contribution >= 4 is 5.91 Å². The standard InChI is InChI=1S/C19H23FN4O/c1-13-21-18(22-24(13)16-10-8-15(20)9-11-16)19(25)23-12-4-6-14-5-2-3-7-17(14)23/h8-11,14,17H,2-7,12H2,1H3/t14-,17+/m1/s1. The number of aromatic nitrogens is 3. The second-order valence-electron chi connectivity index (χ2n) is 7.12. The van der Waals surface area contributed by atoms with Gasteiger partial charge in [0.05, 0.1) is 5.69 Å². The summed E-state index contributed by atoms with van der Waals surface area (Å²) in [6.45, 7) is 2.61. The lowest BCUT2D eigenvalue weighted by atomic mass is 9.78. The number of hydrogen-bond donors (Lipinski definition) is 0. The number of amides is 1. The van der Waals surface area contributed by atoms with E-state index in [-0.39, 0.29) is 17.5 Å². The highest BCUT2D eigenvalue weighted by atomic mass is 19.1. The highest BCUT2D eigenvalue weighted by Crippen LogP contribution is 2.35. The summed E-state index contributed by atoms with van der Waals surface area (Å²) in [6.07, 6.45) is 7.08. The van der Waals surface area contributed by atoms with E-state index in [1.165, 1.54) is 37.8 Å². The average molecular weight is 342 g/mol. The minimum absolute atomic E-state index is 0.0689. The monoisotopic (exact) mass is 342 g/mol. The summed E-state index contributed by atoms with van der Waals surface area (Å²) in [5.74, 6) is 1.14. The van der Waals surface area contributed by atoms with Gasteiger partial charge in [0.2, 0.25) is 5.82 Å². The van der Waals surface area contributed by atoms with Gasteiger partial charge in [-0.25, -0.2) is 14.1 Å². The summed E-state index contributed by atoms with van der Waals surface area (Å²) in [5, 5.41) is 4.41. The third-order valence-electron chi connectivity index (χ3n) is 5.54. The Kier molecular flexibility index (Phi) is 4.27. The van der Waals surface area contributed by atoms with Gasteiger partial charge in [0.25, 0.3) is 5.91 Å². The minimum Gasteiger partial charge on any atom is -0.333 e. The molecule has 6 heteroatoms. The lowest BCUT2D eigenvalue weighted by Crippen LogP contribution is -2.49. The van der Waals surface area contributed by atoms with Gasteiger partial charge in [-0.1, -0.05) is 12.8 Å². The first-order valence-electron chi connectivity index (χ1n) is 9.14. The molecule has 2 aromatic rings. The van der Waals surface area contributed by atoms with Gasteiger partial charge in [-0.15, -0.1) is 5.10 Å². The van der Waals surface area contributed by atoms with Crippen LogP contribution in [-0.4, -0.2) is 38.2 Å². The van der Waals surface area contributed by atoms with E-state index < -0.39 is 0 Å². The van der Waals surface area contributed by atoms with E-state index in [0.717, 1.165) is 19.4 Å². The molecule has 132 valence electrons. The number of nitrogens with zero attached hydrogens (tertiary/aromatic N) is 4. The van der Waals surface area contributed by atoms with Gasteiger partial charge in [-0.05, 0) is 62.8 Å². The second kappa shape index (κ2) is 6.58. The Morgan fingerprint density at radius 3 is 2.64 bits per heavy atom. The number of likely N-dealkylation sites (tertiary alicyclic amines) is 1. The van der Waals surface area contributed by atoms with Crippen LogP contribution in [0.2, 0.25) is 0 Å². The number of carbonyl (C=O) groups is 1. The van der Waals surface area contributed by atoms with E-state index in [1.807, 2.05) is 11.8 Å². The maximum Gasteiger partial charge on any atom is 0.293 e. The smallest absolute Gasteiger partial charge is 0.293 e. The lowest BCUT2D eigenvalue weighted by Gasteiger charge is -2.43. The van der Waals surface area contributed by atoms with Crippen molar-refractivity contribution in [1.82, 2.24) is 19.7 Å². The van der Waals surface area contributed by atoms with Crippen molar-refractivity contribution in [2.45, 2.75) is 51.5 Å². The third kappa shape index (κ3) is 3.05. The Morgan fingerprint density at radius 2 is 1.84 bits per heavy atom. The summed E-state index contributed by atoms with van der Waals surface area (Å²) >= 11 is 0. The van der Waals surface area contributed by atoms with E-state index in [9.17, 15) is 9.18 Å². The highest BCUT2D eigenvalue weighted by molar-refractivity contribution is 5.90. The molecule has 2 fully saturated rings. The molecule has 1 saturated heterocycles. The molecule has 1 aliphatic carbocycles. The minimum atomic E-state index is -0.297. The fraction of sp³-hybridized carbons (Fsp3) is 0.526. The van der Waals surface area contributed by atoms with Gasteiger partial charge in [-0.3, -0.25) is 4.79 Å². The molecule has 0 radical (unpaired) electrons. The zero-order valence-corrected chi connectivity index (χ0v) is 14.5. The Hall–Kier alpha value is -2.24. The molecule has 4 rings (SSSR count). The molecule has 2 heterocycles. The van der Waals surface area contributed by atoms with Gasteiger partial charge in [-0.2, -0.15) is 0 Å². The summed E-state index contributed by atoms with van der Waals surface area (Å²) in [5.41, 5.74) is 0.708. The molecule has 0 unspecified atom stereocenters. The molecule has 1 aromatic heterocycles. The number of rotatable bonds is 2. The molecule has 1 aromatic carbocycles. The molecule has 2 aliphatic rings. The molecule has 1 saturated carbocycles. The molecule has 1 aliphatic heterocycles. The highest BCUT2D eigenvalue weighted by Gasteiger charge is 2.37. The largest absolute Gasteiger partial charge is 0.333 e. The maximum absolute atomic E-state index is 13.1. The molecule has 0 spiro atoms. The van der Waals surface area contributed by atoms with Crippen molar-refractivity contribution in [1.29, 1.82) is 0 Å². The molecule has 1 amide bonds. The Labute approximate surface area is 146 Å². The van der Waals surface area contributed by atoms with Crippen LogP contribution < -0.4 is 0 Å². The van der Waals surface area contributed by atoms with E-state index in [1.54, 1.807) is 16.8 Å². The van der Waals surface area contributed by atoms with Gasteiger partial charge >= 0.3 is 0 Å². The maximum atomic E-state index is 13.1. The van der Waals surface area contributed by atoms with E-state index in [0.29, 0.717) is 23.5 Å². The number of fused-ring (bicyclic) bond motifs is 1. The fourth-order valence-corrected chi connectivity index (χ4v) is 4.31. The number of hydrogen-bond acceptors (Lipinski definition) is 3. The summed E-state index contributed by atoms with van der Waals surface area (Å²) in [4.78, 5) is 19.4. The van der Waals surface area contributed by atoms with Crippen LogP contribution in [-0.2, 0) is 0 Å². The second-order valence-corrected chi connectivity index (χ2v) is 7.12. The third-order valence-corrected chi connectivity index (χ3v) is 5.54. The van der Waals surface area contributed by atoms with E-state index in [4.69, 9.17) is 0 Å². The Balaban J connectivity index is 1.60. The topological polar surface area (TPSA) is 51.0 Å². The molecule has 0 bridgehead atoms. The summed E-state index contributed by atoms with van der Waals surface area (Å²) in [7, 11) is 0. The SMILES string of the molecule is Cc1nc(C(=O)N2CCC[C@H]3CCCC[C@@H]32)nn1-c1ccc(F)cc1. The van der Waals surface area contributed by atoms with Crippen molar-refractivity contribution < 1.29 is 9.18 Å². The van der Waals surface area contributed by atoms with Crippen LogP contribution in [0.4, 0.5) is 4.39 Å². The molecule has 0 N–H and O–H groups in total. The first kappa shape index (κ1) is 16.2.